The predicted molar refractivity (Wildman–Crippen MR) is 89.4 cm³/mol. The van der Waals surface area contributed by atoms with Crippen molar-refractivity contribution in [2.75, 3.05) is 26.8 Å². The van der Waals surface area contributed by atoms with Crippen molar-refractivity contribution in [1.82, 2.24) is 10.2 Å². The average molecular weight is 351 g/mol. The van der Waals surface area contributed by atoms with E-state index in [0.717, 1.165) is 12.8 Å². The van der Waals surface area contributed by atoms with Crippen LogP contribution in [0, 0.1) is 0 Å². The monoisotopic (exact) mass is 351 g/mol. The molecule has 1 fully saturated rings. The van der Waals surface area contributed by atoms with Crippen LogP contribution >= 0.6 is 0 Å². The molecule has 0 radical (unpaired) electrons. The van der Waals surface area contributed by atoms with Crippen LogP contribution in [0.5, 0.6) is 0 Å². The second-order valence-corrected chi connectivity index (χ2v) is 7.45. The van der Waals surface area contributed by atoms with Crippen molar-refractivity contribution in [2.45, 2.75) is 30.2 Å². The van der Waals surface area contributed by atoms with Crippen LogP contribution in [0.2, 0.25) is 0 Å². The minimum atomic E-state index is -3.67. The number of nitrogens with one attached hydrogen (secondary N) is 1. The third kappa shape index (κ3) is 3.16. The maximum absolute atomic E-state index is 12.5. The highest BCUT2D eigenvalue weighted by atomic mass is 32.2. The third-order valence-electron chi connectivity index (χ3n) is 4.26. The molecule has 1 N–H and O–H groups in total. The minimum Gasteiger partial charge on any atom is -0.385 e. The quantitative estimate of drug-likeness (QED) is 0.791. The number of hydrogen-bond acceptors (Lipinski definition) is 5. The predicted octanol–water partition coefficient (Wildman–Crippen LogP) is 0.753. The van der Waals surface area contributed by atoms with Gasteiger partial charge in [-0.1, -0.05) is 12.1 Å². The lowest BCUT2D eigenvalue weighted by Crippen LogP contribution is -2.46. The van der Waals surface area contributed by atoms with E-state index in [1.165, 1.54) is 0 Å². The average Bonchev–Trinajstić information content (AvgIpc) is 3.15. The van der Waals surface area contributed by atoms with Crippen LogP contribution in [0.3, 0.4) is 0 Å². The maximum atomic E-state index is 12.5. The van der Waals surface area contributed by atoms with Crippen LogP contribution in [-0.2, 0) is 19.6 Å². The molecule has 0 bridgehead atoms. The number of likely N-dealkylation sites (tertiary alicyclic amines) is 1. The summed E-state index contributed by atoms with van der Waals surface area (Å²) in [7, 11) is -2.05. The summed E-state index contributed by atoms with van der Waals surface area (Å²) in [5.74, 6) is 0.299. The normalized spacial score (nSPS) is 21.5. The summed E-state index contributed by atoms with van der Waals surface area (Å²) in [6, 6.07) is 6.37. The van der Waals surface area contributed by atoms with Crippen LogP contribution in [-0.4, -0.2) is 57.9 Å². The van der Waals surface area contributed by atoms with Gasteiger partial charge < -0.3 is 15.0 Å². The van der Waals surface area contributed by atoms with E-state index in [1.807, 2.05) is 4.90 Å². The van der Waals surface area contributed by atoms with Gasteiger partial charge in [-0.2, -0.15) is 8.42 Å². The zero-order chi connectivity index (χ0) is 17.2. The molecule has 0 aliphatic carbocycles. The highest BCUT2D eigenvalue weighted by Crippen LogP contribution is 2.31. The number of nitrogens with zero attached hydrogens (tertiary/aromatic N) is 2. The number of amidine groups is 1. The largest absolute Gasteiger partial charge is 0.385 e. The molecule has 130 valence electrons. The fourth-order valence-corrected chi connectivity index (χ4v) is 4.35. The number of rotatable bonds is 5. The molecule has 2 heterocycles. The van der Waals surface area contributed by atoms with Crippen molar-refractivity contribution < 1.29 is 17.9 Å². The topological polar surface area (TPSA) is 88.1 Å². The van der Waals surface area contributed by atoms with E-state index in [-0.39, 0.29) is 16.8 Å². The SMILES string of the molecule is COCCCNC(=O)[C@@H]1CCCN1C1=NS(=O)(=O)c2ccccc21. The number of amides is 1. The molecule has 8 heteroatoms. The Morgan fingerprint density at radius 1 is 1.42 bits per heavy atom. The Bertz CT molecular complexity index is 760. The summed E-state index contributed by atoms with van der Waals surface area (Å²) in [6.45, 7) is 1.75. The fraction of sp³-hybridized carbons (Fsp3) is 0.500. The van der Waals surface area contributed by atoms with Gasteiger partial charge in [-0.15, -0.1) is 4.40 Å². The van der Waals surface area contributed by atoms with E-state index in [2.05, 4.69) is 9.71 Å². The van der Waals surface area contributed by atoms with E-state index in [1.54, 1.807) is 31.4 Å². The number of ether oxygens (including phenoxy) is 1. The Morgan fingerprint density at radius 3 is 3.00 bits per heavy atom. The standard InChI is InChI=1S/C16H21N3O4S/c1-23-11-5-9-17-16(20)13-7-4-10-19(13)15-12-6-2-3-8-14(12)24(21,22)18-15/h2-3,6,8,13H,4-5,7,9-11H2,1H3,(H,17,20)/t13-/m0/s1. The van der Waals surface area contributed by atoms with Crippen molar-refractivity contribution in [3.05, 3.63) is 29.8 Å². The number of sulfonamides is 1. The zero-order valence-corrected chi connectivity index (χ0v) is 14.4. The van der Waals surface area contributed by atoms with Gasteiger partial charge in [0.15, 0.2) is 5.84 Å². The highest BCUT2D eigenvalue weighted by molar-refractivity contribution is 7.90. The van der Waals surface area contributed by atoms with E-state index in [0.29, 0.717) is 37.5 Å². The molecule has 0 aromatic heterocycles. The van der Waals surface area contributed by atoms with Crippen LogP contribution < -0.4 is 5.32 Å². The van der Waals surface area contributed by atoms with Crippen molar-refractivity contribution in [2.24, 2.45) is 4.40 Å². The second-order valence-electron chi connectivity index (χ2n) is 5.87. The molecule has 2 aliphatic heterocycles. The summed E-state index contributed by atoms with van der Waals surface area (Å²) in [4.78, 5) is 14.5. The van der Waals surface area contributed by atoms with Gasteiger partial charge in [0.05, 0.1) is 0 Å². The number of carbonyl (C=O) groups excluding carboxylic acids is 1. The van der Waals surface area contributed by atoms with Gasteiger partial charge in [0, 0.05) is 32.4 Å². The van der Waals surface area contributed by atoms with Gasteiger partial charge >= 0.3 is 0 Å². The molecule has 0 spiro atoms. The van der Waals surface area contributed by atoms with Crippen molar-refractivity contribution in [3.63, 3.8) is 0 Å². The Labute approximate surface area is 141 Å². The van der Waals surface area contributed by atoms with Gasteiger partial charge in [-0.3, -0.25) is 4.79 Å². The zero-order valence-electron chi connectivity index (χ0n) is 13.6. The molecular weight excluding hydrogens is 330 g/mol. The van der Waals surface area contributed by atoms with Crippen LogP contribution in [0.15, 0.2) is 33.6 Å². The minimum absolute atomic E-state index is 0.0897. The van der Waals surface area contributed by atoms with Gasteiger partial charge in [-0.05, 0) is 31.4 Å². The second kappa shape index (κ2) is 6.90. The molecule has 7 nitrogen and oxygen atoms in total. The number of hydrogen-bond donors (Lipinski definition) is 1. The first kappa shape index (κ1) is 16.9. The van der Waals surface area contributed by atoms with Crippen molar-refractivity contribution in [1.29, 1.82) is 0 Å². The van der Waals surface area contributed by atoms with Gasteiger partial charge in [0.2, 0.25) is 5.91 Å². The smallest absolute Gasteiger partial charge is 0.285 e. The first-order valence-electron chi connectivity index (χ1n) is 8.02. The van der Waals surface area contributed by atoms with Crippen molar-refractivity contribution in [3.8, 4) is 0 Å². The number of carbonyl (C=O) groups is 1. The molecule has 2 aliphatic rings. The number of fused-ring (bicyclic) bond motifs is 1. The van der Waals surface area contributed by atoms with E-state index >= 15 is 0 Å². The molecule has 1 amide bonds. The Morgan fingerprint density at radius 2 is 2.21 bits per heavy atom. The summed E-state index contributed by atoms with van der Waals surface area (Å²) in [5.41, 5.74) is 0.580. The summed E-state index contributed by atoms with van der Waals surface area (Å²) >= 11 is 0. The van der Waals surface area contributed by atoms with Crippen LogP contribution in [0.4, 0.5) is 0 Å². The van der Waals surface area contributed by atoms with Crippen LogP contribution in [0.25, 0.3) is 0 Å². The van der Waals surface area contributed by atoms with Gasteiger partial charge in [-0.25, -0.2) is 0 Å². The summed E-state index contributed by atoms with van der Waals surface area (Å²) in [6.07, 6.45) is 2.27. The Balaban J connectivity index is 1.78. The summed E-state index contributed by atoms with van der Waals surface area (Å²) < 4.78 is 33.3. The molecule has 1 atom stereocenters. The molecule has 3 rings (SSSR count). The molecule has 0 unspecified atom stereocenters. The fourth-order valence-electron chi connectivity index (χ4n) is 3.13. The molecule has 1 saturated heterocycles. The molecule has 24 heavy (non-hydrogen) atoms. The van der Waals surface area contributed by atoms with Gasteiger partial charge in [0.1, 0.15) is 10.9 Å². The first-order chi connectivity index (χ1) is 11.5. The van der Waals surface area contributed by atoms with E-state index in [4.69, 9.17) is 4.74 Å². The Kier molecular flexibility index (Phi) is 4.86. The summed E-state index contributed by atoms with van der Waals surface area (Å²) in [5, 5.41) is 2.89. The molecule has 0 saturated carbocycles. The molecule has 1 aromatic carbocycles. The molecule has 1 aromatic rings. The van der Waals surface area contributed by atoms with E-state index in [9.17, 15) is 13.2 Å². The highest BCUT2D eigenvalue weighted by Gasteiger charge is 2.38. The Hall–Kier alpha value is -1.93. The lowest BCUT2D eigenvalue weighted by molar-refractivity contribution is -0.124. The molecular formula is C16H21N3O4S. The lowest BCUT2D eigenvalue weighted by Gasteiger charge is -2.25. The maximum Gasteiger partial charge on any atom is 0.285 e. The van der Waals surface area contributed by atoms with Crippen molar-refractivity contribution >= 4 is 21.8 Å². The third-order valence-corrected chi connectivity index (χ3v) is 5.59. The number of benzene rings is 1. The number of methoxy groups -OCH3 is 1. The van der Waals surface area contributed by atoms with E-state index < -0.39 is 10.0 Å². The lowest BCUT2D eigenvalue weighted by atomic mass is 10.1. The first-order valence-corrected chi connectivity index (χ1v) is 9.46. The van der Waals surface area contributed by atoms with Gasteiger partial charge in [0.25, 0.3) is 10.0 Å². The van der Waals surface area contributed by atoms with Crippen LogP contribution in [0.1, 0.15) is 24.8 Å².